The van der Waals surface area contributed by atoms with Crippen molar-refractivity contribution < 1.29 is 4.79 Å². The lowest BCUT2D eigenvalue weighted by Crippen LogP contribution is -2.42. The monoisotopic (exact) mass is 155 g/mol. The molecule has 0 aromatic rings. The topological polar surface area (TPSA) is 53.2 Å². The molecule has 2 fully saturated rings. The highest BCUT2D eigenvalue weighted by Crippen LogP contribution is 2.13. The van der Waals surface area contributed by atoms with Crippen molar-refractivity contribution in [3.63, 3.8) is 0 Å². The Morgan fingerprint density at radius 3 is 2.45 bits per heavy atom. The van der Waals surface area contributed by atoms with Crippen molar-refractivity contribution in [2.45, 2.75) is 12.6 Å². The molecule has 0 bridgehead atoms. The van der Waals surface area contributed by atoms with Gasteiger partial charge in [0, 0.05) is 19.6 Å². The summed E-state index contributed by atoms with van der Waals surface area (Å²) in [6.45, 7) is 2.80. The summed E-state index contributed by atoms with van der Waals surface area (Å²) in [6, 6.07) is 0. The van der Waals surface area contributed by atoms with Crippen LogP contribution in [-0.4, -0.2) is 31.7 Å². The molecule has 11 heavy (non-hydrogen) atoms. The maximum absolute atomic E-state index is 11.2. The first-order chi connectivity index (χ1) is 5.38. The highest BCUT2D eigenvalue weighted by molar-refractivity contribution is 5.81. The van der Waals surface area contributed by atoms with Crippen LogP contribution in [0, 0.1) is 5.92 Å². The van der Waals surface area contributed by atoms with E-state index in [4.69, 9.17) is 0 Å². The minimum atomic E-state index is 0.150. The lowest BCUT2D eigenvalue weighted by Gasteiger charge is -2.15. The highest BCUT2D eigenvalue weighted by Gasteiger charge is 2.33. The van der Waals surface area contributed by atoms with Crippen LogP contribution in [0.3, 0.4) is 0 Å². The smallest absolute Gasteiger partial charge is 0.226 e. The van der Waals surface area contributed by atoms with E-state index in [9.17, 15) is 4.79 Å². The number of amides is 1. The predicted octanol–water partition coefficient (Wildman–Crippen LogP) is -1.36. The van der Waals surface area contributed by atoms with Crippen LogP contribution in [0.1, 0.15) is 6.42 Å². The molecule has 1 unspecified atom stereocenters. The normalized spacial score (nSPS) is 32.7. The molecule has 62 valence electrons. The second-order valence-corrected chi connectivity index (χ2v) is 3.07. The molecule has 2 heterocycles. The first-order valence-corrected chi connectivity index (χ1v) is 4.12. The maximum Gasteiger partial charge on any atom is 0.226 e. The van der Waals surface area contributed by atoms with Crippen molar-refractivity contribution >= 4 is 5.91 Å². The number of carbonyl (C=O) groups is 1. The third kappa shape index (κ3) is 1.23. The fourth-order valence-corrected chi connectivity index (χ4v) is 1.74. The number of hydrogen-bond acceptors (Lipinski definition) is 3. The molecule has 2 saturated heterocycles. The summed E-state index contributed by atoms with van der Waals surface area (Å²) in [5, 5.41) is 9.34. The molecule has 4 nitrogen and oxygen atoms in total. The Labute approximate surface area is 65.7 Å². The molecule has 2 aliphatic heterocycles. The number of nitrogens with one attached hydrogen (secondary N) is 3. The van der Waals surface area contributed by atoms with Gasteiger partial charge in [0.1, 0.15) is 0 Å². The Kier molecular flexibility index (Phi) is 1.79. The summed E-state index contributed by atoms with van der Waals surface area (Å²) in [4.78, 5) is 11.2. The van der Waals surface area contributed by atoms with Gasteiger partial charge in [0.25, 0.3) is 0 Å². The fraction of sp³-hybridized carbons (Fsp3) is 0.857. The first-order valence-electron chi connectivity index (χ1n) is 4.12. The molecule has 1 atom stereocenters. The minimum Gasteiger partial charge on any atom is -0.356 e. The van der Waals surface area contributed by atoms with Gasteiger partial charge < -0.3 is 5.32 Å². The minimum absolute atomic E-state index is 0.150. The molecule has 0 spiro atoms. The standard InChI is InChI=1S/C7H13N3O/c11-7-5(1-2-10-7)6-8-3-4-9-6/h5-6,8-9H,1-4H2,(H,10,11). The van der Waals surface area contributed by atoms with Gasteiger partial charge in [0.05, 0.1) is 12.1 Å². The Balaban J connectivity index is 1.97. The van der Waals surface area contributed by atoms with Gasteiger partial charge in [0.2, 0.25) is 5.91 Å². The zero-order valence-electron chi connectivity index (χ0n) is 6.39. The Bertz CT molecular complexity index is 165. The molecule has 0 aliphatic carbocycles. The third-order valence-corrected chi connectivity index (χ3v) is 2.35. The van der Waals surface area contributed by atoms with Gasteiger partial charge in [-0.25, -0.2) is 0 Å². The molecule has 1 amide bonds. The van der Waals surface area contributed by atoms with Crippen molar-refractivity contribution in [2.75, 3.05) is 19.6 Å². The Morgan fingerprint density at radius 1 is 1.18 bits per heavy atom. The lowest BCUT2D eigenvalue weighted by molar-refractivity contribution is -0.123. The van der Waals surface area contributed by atoms with Crippen molar-refractivity contribution in [3.8, 4) is 0 Å². The summed E-state index contributed by atoms with van der Waals surface area (Å²) in [5.41, 5.74) is 0. The van der Waals surface area contributed by atoms with Gasteiger partial charge >= 0.3 is 0 Å². The molecule has 4 heteroatoms. The zero-order valence-corrected chi connectivity index (χ0v) is 6.39. The molecule has 2 rings (SSSR count). The van der Waals surface area contributed by atoms with Crippen molar-refractivity contribution in [1.82, 2.24) is 16.0 Å². The van der Waals surface area contributed by atoms with Crippen molar-refractivity contribution in [2.24, 2.45) is 5.92 Å². The van der Waals surface area contributed by atoms with E-state index in [1.54, 1.807) is 0 Å². The van der Waals surface area contributed by atoms with Gasteiger partial charge in [-0.3, -0.25) is 15.4 Å². The summed E-state index contributed by atoms with van der Waals surface area (Å²) in [7, 11) is 0. The van der Waals surface area contributed by atoms with E-state index < -0.39 is 0 Å². The average molecular weight is 155 g/mol. The Hall–Kier alpha value is -0.610. The van der Waals surface area contributed by atoms with E-state index in [-0.39, 0.29) is 18.0 Å². The van der Waals surface area contributed by atoms with Crippen LogP contribution in [0.15, 0.2) is 0 Å². The van der Waals surface area contributed by atoms with E-state index in [2.05, 4.69) is 16.0 Å². The molecule has 0 saturated carbocycles. The van der Waals surface area contributed by atoms with Crippen LogP contribution >= 0.6 is 0 Å². The van der Waals surface area contributed by atoms with Gasteiger partial charge in [-0.1, -0.05) is 0 Å². The molecule has 0 radical (unpaired) electrons. The molecule has 0 aromatic heterocycles. The average Bonchev–Trinajstić information content (AvgIpc) is 2.55. The Morgan fingerprint density at radius 2 is 1.91 bits per heavy atom. The number of hydrogen-bond donors (Lipinski definition) is 3. The van der Waals surface area contributed by atoms with Crippen molar-refractivity contribution in [1.29, 1.82) is 0 Å². The molecule has 0 aromatic carbocycles. The second kappa shape index (κ2) is 2.79. The SMILES string of the molecule is O=C1NCCC1C1NCCN1. The summed E-state index contributed by atoms with van der Waals surface area (Å²) >= 11 is 0. The van der Waals surface area contributed by atoms with Gasteiger partial charge in [-0.2, -0.15) is 0 Å². The van der Waals surface area contributed by atoms with Gasteiger partial charge in [-0.05, 0) is 6.42 Å². The molecule has 2 aliphatic rings. The van der Waals surface area contributed by atoms with E-state index in [0.29, 0.717) is 0 Å². The van der Waals surface area contributed by atoms with E-state index in [0.717, 1.165) is 26.1 Å². The second-order valence-electron chi connectivity index (χ2n) is 3.07. The lowest BCUT2D eigenvalue weighted by atomic mass is 10.1. The number of rotatable bonds is 1. The molecule has 3 N–H and O–H groups in total. The quantitative estimate of drug-likeness (QED) is 0.438. The van der Waals surface area contributed by atoms with E-state index >= 15 is 0 Å². The fourth-order valence-electron chi connectivity index (χ4n) is 1.74. The third-order valence-electron chi connectivity index (χ3n) is 2.35. The zero-order chi connectivity index (χ0) is 7.68. The number of carbonyl (C=O) groups excluding carboxylic acids is 1. The summed E-state index contributed by atoms with van der Waals surface area (Å²) < 4.78 is 0. The van der Waals surface area contributed by atoms with Crippen LogP contribution in [0.2, 0.25) is 0 Å². The van der Waals surface area contributed by atoms with Crippen LogP contribution in [0.25, 0.3) is 0 Å². The molecular weight excluding hydrogens is 142 g/mol. The van der Waals surface area contributed by atoms with Crippen molar-refractivity contribution in [3.05, 3.63) is 0 Å². The largest absolute Gasteiger partial charge is 0.356 e. The van der Waals surface area contributed by atoms with Crippen LogP contribution in [0.5, 0.6) is 0 Å². The summed E-state index contributed by atoms with van der Waals surface area (Å²) in [5.74, 6) is 0.342. The van der Waals surface area contributed by atoms with Gasteiger partial charge in [-0.15, -0.1) is 0 Å². The van der Waals surface area contributed by atoms with Crippen LogP contribution in [0.4, 0.5) is 0 Å². The van der Waals surface area contributed by atoms with E-state index in [1.165, 1.54) is 0 Å². The maximum atomic E-state index is 11.2. The van der Waals surface area contributed by atoms with Crippen LogP contribution < -0.4 is 16.0 Å². The predicted molar refractivity (Wildman–Crippen MR) is 40.9 cm³/mol. The highest BCUT2D eigenvalue weighted by atomic mass is 16.2. The first kappa shape index (κ1) is 7.06. The molecular formula is C7H13N3O. The summed E-state index contributed by atoms with van der Waals surface area (Å²) in [6.07, 6.45) is 1.18. The van der Waals surface area contributed by atoms with Crippen LogP contribution in [-0.2, 0) is 4.79 Å². The van der Waals surface area contributed by atoms with Gasteiger partial charge in [0.15, 0.2) is 0 Å². The van der Waals surface area contributed by atoms with E-state index in [1.807, 2.05) is 0 Å².